The highest BCUT2D eigenvalue weighted by atomic mass is 14.9. The van der Waals surface area contributed by atoms with Gasteiger partial charge >= 0.3 is 0 Å². The summed E-state index contributed by atoms with van der Waals surface area (Å²) < 4.78 is 0. The van der Waals surface area contributed by atoms with E-state index in [0.29, 0.717) is 0 Å². The lowest BCUT2D eigenvalue weighted by molar-refractivity contribution is -0.477. The normalized spacial score (nSPS) is 15.7. The Kier molecular flexibility index (Phi) is 5.00. The Morgan fingerprint density at radius 3 is 2.56 bits per heavy atom. The van der Waals surface area contributed by atoms with E-state index in [-0.39, 0.29) is 0 Å². The molecule has 0 aliphatic heterocycles. The molecular formula is C21H25N4+. The van der Waals surface area contributed by atoms with Gasteiger partial charge in [-0.1, -0.05) is 24.3 Å². The molecular weight excluding hydrogens is 308 g/mol. The highest BCUT2D eigenvalue weighted by molar-refractivity contribution is 6.00. The van der Waals surface area contributed by atoms with Crippen LogP contribution in [0, 0.1) is 6.92 Å². The quantitative estimate of drug-likeness (QED) is 0.748. The Morgan fingerprint density at radius 2 is 1.88 bits per heavy atom. The molecule has 0 radical (unpaired) electrons. The summed E-state index contributed by atoms with van der Waals surface area (Å²) in [5.41, 5.74) is 14.5. The fourth-order valence-corrected chi connectivity index (χ4v) is 2.95. The molecule has 4 nitrogen and oxygen atoms in total. The monoisotopic (exact) mass is 333 g/mol. The first-order chi connectivity index (χ1) is 12.1. The van der Waals surface area contributed by atoms with Crippen LogP contribution >= 0.6 is 0 Å². The lowest BCUT2D eigenvalue weighted by Crippen LogP contribution is -2.71. The van der Waals surface area contributed by atoms with Crippen molar-refractivity contribution in [3.63, 3.8) is 0 Å². The second kappa shape index (κ2) is 7.36. The second-order valence-corrected chi connectivity index (χ2v) is 6.33. The van der Waals surface area contributed by atoms with Gasteiger partial charge in [-0.15, -0.1) is 0 Å². The van der Waals surface area contributed by atoms with Crippen molar-refractivity contribution in [1.82, 2.24) is 5.32 Å². The fraction of sp³-hybridized carbons (Fsp3) is 0.190. The Morgan fingerprint density at radius 1 is 1.12 bits per heavy atom. The first-order valence-corrected chi connectivity index (χ1v) is 8.51. The molecule has 0 saturated carbocycles. The number of para-hydroxylation sites is 1. The number of likely N-dealkylation sites (N-methyl/N-ethyl adjacent to an activating group) is 1. The van der Waals surface area contributed by atoms with Crippen LogP contribution in [0.5, 0.6) is 0 Å². The maximum Gasteiger partial charge on any atom is 0.162 e. The zero-order valence-corrected chi connectivity index (χ0v) is 15.0. The molecule has 2 aromatic carbocycles. The molecule has 0 spiro atoms. The van der Waals surface area contributed by atoms with Gasteiger partial charge in [0.15, 0.2) is 5.69 Å². The number of anilines is 1. The zero-order valence-electron chi connectivity index (χ0n) is 15.0. The van der Waals surface area contributed by atoms with Crippen molar-refractivity contribution in [2.24, 2.45) is 4.99 Å². The van der Waals surface area contributed by atoms with E-state index in [2.05, 4.69) is 47.9 Å². The van der Waals surface area contributed by atoms with Crippen LogP contribution in [0.2, 0.25) is 0 Å². The van der Waals surface area contributed by atoms with Gasteiger partial charge in [0.1, 0.15) is 11.4 Å². The van der Waals surface area contributed by atoms with Crippen molar-refractivity contribution in [3.8, 4) is 0 Å². The van der Waals surface area contributed by atoms with Crippen LogP contribution in [0.25, 0.3) is 0 Å². The van der Waals surface area contributed by atoms with Gasteiger partial charge in [0.2, 0.25) is 0 Å². The molecule has 0 heterocycles. The van der Waals surface area contributed by atoms with Crippen LogP contribution in [-0.2, 0) is 0 Å². The predicted octanol–water partition coefficient (Wildman–Crippen LogP) is 3.63. The summed E-state index contributed by atoms with van der Waals surface area (Å²) in [6, 6.07) is 14.3. The predicted molar refractivity (Wildman–Crippen MR) is 106 cm³/mol. The van der Waals surface area contributed by atoms with Crippen molar-refractivity contribution in [1.29, 1.82) is 0 Å². The smallest absolute Gasteiger partial charge is 0.162 e. The molecule has 4 heteroatoms. The van der Waals surface area contributed by atoms with Crippen molar-refractivity contribution >= 4 is 28.5 Å². The third-order valence-corrected chi connectivity index (χ3v) is 4.39. The molecule has 1 aliphatic carbocycles. The lowest BCUT2D eigenvalue weighted by Gasteiger charge is -2.14. The Bertz CT molecular complexity index is 861. The molecule has 3 rings (SSSR count). The highest BCUT2D eigenvalue weighted by Gasteiger charge is 2.13. The molecule has 5 N–H and O–H groups in total. The maximum absolute atomic E-state index is 6.14. The molecule has 0 unspecified atom stereocenters. The third-order valence-electron chi connectivity index (χ3n) is 4.39. The van der Waals surface area contributed by atoms with Gasteiger partial charge in [-0.25, -0.2) is 4.99 Å². The molecule has 128 valence electrons. The molecule has 0 bridgehead atoms. The third kappa shape index (κ3) is 3.98. The summed E-state index contributed by atoms with van der Waals surface area (Å²) in [4.78, 5) is 4.92. The Hall–Kier alpha value is -2.85. The van der Waals surface area contributed by atoms with Gasteiger partial charge < -0.3 is 11.1 Å². The summed E-state index contributed by atoms with van der Waals surface area (Å²) in [6.07, 6.45) is 5.14. The van der Waals surface area contributed by atoms with Crippen LogP contribution in [-0.4, -0.2) is 12.8 Å². The van der Waals surface area contributed by atoms with Crippen LogP contribution in [0.1, 0.15) is 18.9 Å². The maximum atomic E-state index is 6.14. The van der Waals surface area contributed by atoms with E-state index in [4.69, 9.17) is 10.7 Å². The van der Waals surface area contributed by atoms with Crippen molar-refractivity contribution in [2.75, 3.05) is 12.8 Å². The van der Waals surface area contributed by atoms with Crippen molar-refractivity contribution in [3.05, 3.63) is 71.5 Å². The standard InChI is InChI=1S/C21H24N4/c1-14-12-20(25-17-9-10-19(23-3)15(2)11-17)21(13-18(14)22)24-16-7-5-4-6-8-16/h4-8,10-13,23-24H,9,22H2,1-3H3/p+1. The molecule has 0 saturated heterocycles. The molecule has 1 aliphatic rings. The van der Waals surface area contributed by atoms with Crippen molar-refractivity contribution < 1.29 is 5.32 Å². The molecule has 0 amide bonds. The summed E-state index contributed by atoms with van der Waals surface area (Å²) in [6.45, 7) is 4.12. The van der Waals surface area contributed by atoms with Gasteiger partial charge in [-0.05, 0) is 49.3 Å². The van der Waals surface area contributed by atoms with E-state index >= 15 is 0 Å². The lowest BCUT2D eigenvalue weighted by atomic mass is 10.0. The van der Waals surface area contributed by atoms with E-state index in [0.717, 1.165) is 40.4 Å². The minimum atomic E-state index is 0.791. The van der Waals surface area contributed by atoms with Gasteiger partial charge in [0.25, 0.3) is 0 Å². The number of aliphatic imine (C=N–C) groups is 1. The fourth-order valence-electron chi connectivity index (χ4n) is 2.95. The average molecular weight is 333 g/mol. The van der Waals surface area contributed by atoms with E-state index in [1.807, 2.05) is 38.2 Å². The number of rotatable bonds is 4. The first-order valence-electron chi connectivity index (χ1n) is 8.51. The molecule has 2 aromatic rings. The van der Waals surface area contributed by atoms with Gasteiger partial charge in [0.05, 0.1) is 0 Å². The number of nitrogens with zero attached hydrogens (tertiary/aromatic N) is 1. The molecule has 0 aromatic heterocycles. The number of hydrogen-bond donors (Lipinski definition) is 3. The highest BCUT2D eigenvalue weighted by Crippen LogP contribution is 2.29. The summed E-state index contributed by atoms with van der Waals surface area (Å²) in [5.74, 6) is 0. The van der Waals surface area contributed by atoms with Gasteiger partial charge in [0, 0.05) is 36.6 Å². The van der Waals surface area contributed by atoms with Gasteiger partial charge in [-0.3, -0.25) is 5.32 Å². The average Bonchev–Trinajstić information content (AvgIpc) is 2.60. The van der Waals surface area contributed by atoms with Crippen LogP contribution in [0.15, 0.2) is 70.9 Å². The van der Waals surface area contributed by atoms with Crippen LogP contribution in [0.4, 0.5) is 22.7 Å². The van der Waals surface area contributed by atoms with Crippen LogP contribution < -0.4 is 16.4 Å². The number of aryl methyl sites for hydroxylation is 1. The van der Waals surface area contributed by atoms with Crippen LogP contribution in [0.3, 0.4) is 0 Å². The van der Waals surface area contributed by atoms with Crippen molar-refractivity contribution in [2.45, 2.75) is 20.3 Å². The minimum Gasteiger partial charge on any atom is -0.398 e. The first kappa shape index (κ1) is 17.0. The molecule has 0 atom stereocenters. The zero-order chi connectivity index (χ0) is 17.8. The molecule has 0 fully saturated rings. The Labute approximate surface area is 149 Å². The van der Waals surface area contributed by atoms with E-state index in [9.17, 15) is 0 Å². The van der Waals surface area contributed by atoms with E-state index < -0.39 is 0 Å². The SMILES string of the molecule is CNC1=CCC(=Nc2cc(C)c(N)cc2[NH2+]c2ccccc2)C=C1C. The largest absolute Gasteiger partial charge is 0.398 e. The number of quaternary nitrogens is 1. The summed E-state index contributed by atoms with van der Waals surface area (Å²) in [7, 11) is 1.95. The number of allylic oxidation sites excluding steroid dienone is 3. The number of nitrogen functional groups attached to an aromatic ring is 1. The number of nitrogens with two attached hydrogens (primary N) is 2. The summed E-state index contributed by atoms with van der Waals surface area (Å²) in [5, 5.41) is 5.34. The number of nitrogens with one attached hydrogen (secondary N) is 1. The number of benzene rings is 2. The minimum absolute atomic E-state index is 0.791. The van der Waals surface area contributed by atoms with E-state index in [1.54, 1.807) is 0 Å². The Balaban J connectivity index is 1.97. The van der Waals surface area contributed by atoms with Gasteiger partial charge in [-0.2, -0.15) is 0 Å². The summed E-state index contributed by atoms with van der Waals surface area (Å²) >= 11 is 0. The number of hydrogen-bond acceptors (Lipinski definition) is 3. The van der Waals surface area contributed by atoms with E-state index in [1.165, 1.54) is 11.3 Å². The second-order valence-electron chi connectivity index (χ2n) is 6.33. The molecule has 25 heavy (non-hydrogen) atoms. The topological polar surface area (TPSA) is 67.0 Å².